The molecule has 1 aromatic heterocycles. The van der Waals surface area contributed by atoms with Crippen LogP contribution in [-0.2, 0) is 4.79 Å². The van der Waals surface area contributed by atoms with Gasteiger partial charge in [0.1, 0.15) is 5.69 Å². The average Bonchev–Trinajstić information content (AvgIpc) is 2.17. The van der Waals surface area contributed by atoms with Crippen LogP contribution in [-0.4, -0.2) is 16.1 Å². The Labute approximate surface area is 84.7 Å². The molecule has 1 rings (SSSR count). The summed E-state index contributed by atoms with van der Waals surface area (Å²) < 4.78 is 24.5. The lowest BCUT2D eigenvalue weighted by atomic mass is 10.1. The number of aromatic nitrogens is 1. The third-order valence-corrected chi connectivity index (χ3v) is 1.79. The van der Waals surface area contributed by atoms with E-state index in [1.165, 1.54) is 18.2 Å². The van der Waals surface area contributed by atoms with Crippen LogP contribution in [0.1, 0.15) is 30.3 Å². The summed E-state index contributed by atoms with van der Waals surface area (Å²) in [6, 6.07) is 3.12. The first kappa shape index (κ1) is 11.5. The number of carbonyl (C=O) groups is 1. The molecule has 82 valence electrons. The molecule has 4 nitrogen and oxygen atoms in total. The van der Waals surface area contributed by atoms with Gasteiger partial charge in [0.25, 0.3) is 6.43 Å². The highest BCUT2D eigenvalue weighted by molar-refractivity contribution is 5.67. The van der Waals surface area contributed by atoms with Crippen molar-refractivity contribution in [3.05, 3.63) is 29.6 Å². The van der Waals surface area contributed by atoms with Crippen molar-refractivity contribution in [3.63, 3.8) is 0 Å². The molecule has 0 spiro atoms. The molecule has 1 aromatic rings. The van der Waals surface area contributed by atoms with Gasteiger partial charge in [0, 0.05) is 0 Å². The van der Waals surface area contributed by atoms with Gasteiger partial charge in [-0.15, -0.1) is 0 Å². The molecule has 15 heavy (non-hydrogen) atoms. The smallest absolute Gasteiger partial charge is 0.305 e. The van der Waals surface area contributed by atoms with Gasteiger partial charge in [-0.1, -0.05) is 6.07 Å². The van der Waals surface area contributed by atoms with E-state index in [-0.39, 0.29) is 12.1 Å². The lowest BCUT2D eigenvalue weighted by Crippen LogP contribution is -2.16. The van der Waals surface area contributed by atoms with E-state index in [0.717, 1.165) is 0 Å². The first-order chi connectivity index (χ1) is 7.00. The molecule has 0 saturated carbocycles. The molecular formula is C9H10F2N2O2. The van der Waals surface area contributed by atoms with Gasteiger partial charge in [0.05, 0.1) is 18.2 Å². The number of halogens is 2. The molecule has 1 unspecified atom stereocenters. The van der Waals surface area contributed by atoms with E-state index in [0.29, 0.717) is 0 Å². The quantitative estimate of drug-likeness (QED) is 0.799. The second-order valence-corrected chi connectivity index (χ2v) is 2.99. The van der Waals surface area contributed by atoms with E-state index in [4.69, 9.17) is 10.8 Å². The number of aliphatic carboxylic acids is 1. The number of alkyl halides is 2. The van der Waals surface area contributed by atoms with Crippen LogP contribution < -0.4 is 5.73 Å². The molecule has 0 fully saturated rings. The second kappa shape index (κ2) is 4.79. The average molecular weight is 216 g/mol. The third kappa shape index (κ3) is 3.25. The van der Waals surface area contributed by atoms with Crippen LogP contribution in [0.2, 0.25) is 0 Å². The Hall–Kier alpha value is -1.56. The van der Waals surface area contributed by atoms with Crippen molar-refractivity contribution in [3.8, 4) is 0 Å². The predicted octanol–water partition coefficient (Wildman–Crippen LogP) is 1.49. The summed E-state index contributed by atoms with van der Waals surface area (Å²) in [5.74, 6) is -1.09. The maximum absolute atomic E-state index is 12.3. The van der Waals surface area contributed by atoms with Crippen LogP contribution in [0.5, 0.6) is 0 Å². The van der Waals surface area contributed by atoms with Crippen LogP contribution in [0.15, 0.2) is 18.2 Å². The number of hydrogen-bond acceptors (Lipinski definition) is 3. The zero-order chi connectivity index (χ0) is 11.4. The molecular weight excluding hydrogens is 206 g/mol. The summed E-state index contributed by atoms with van der Waals surface area (Å²) in [7, 11) is 0. The summed E-state index contributed by atoms with van der Waals surface area (Å²) >= 11 is 0. The monoisotopic (exact) mass is 216 g/mol. The predicted molar refractivity (Wildman–Crippen MR) is 48.4 cm³/mol. The van der Waals surface area contributed by atoms with Crippen molar-refractivity contribution in [2.45, 2.75) is 18.9 Å². The summed E-state index contributed by atoms with van der Waals surface area (Å²) in [5, 5.41) is 8.47. The Morgan fingerprint density at radius 3 is 2.60 bits per heavy atom. The van der Waals surface area contributed by atoms with Crippen LogP contribution in [0.25, 0.3) is 0 Å². The molecule has 0 aliphatic heterocycles. The fraction of sp³-hybridized carbons (Fsp3) is 0.333. The fourth-order valence-corrected chi connectivity index (χ4v) is 1.09. The van der Waals surface area contributed by atoms with E-state index in [9.17, 15) is 13.6 Å². The van der Waals surface area contributed by atoms with E-state index >= 15 is 0 Å². The van der Waals surface area contributed by atoms with E-state index in [1.807, 2.05) is 0 Å². The molecule has 0 saturated heterocycles. The fourth-order valence-electron chi connectivity index (χ4n) is 1.09. The van der Waals surface area contributed by atoms with Crippen molar-refractivity contribution in [2.24, 2.45) is 5.73 Å². The van der Waals surface area contributed by atoms with E-state index < -0.39 is 24.1 Å². The summed E-state index contributed by atoms with van der Waals surface area (Å²) in [6.07, 6.45) is -3.01. The van der Waals surface area contributed by atoms with Gasteiger partial charge in [0.15, 0.2) is 0 Å². The highest BCUT2D eigenvalue weighted by Gasteiger charge is 2.15. The van der Waals surface area contributed by atoms with Crippen LogP contribution in [0.4, 0.5) is 8.78 Å². The van der Waals surface area contributed by atoms with Gasteiger partial charge >= 0.3 is 5.97 Å². The van der Waals surface area contributed by atoms with Crippen LogP contribution >= 0.6 is 0 Å². The molecule has 0 aliphatic carbocycles. The largest absolute Gasteiger partial charge is 0.481 e. The third-order valence-electron chi connectivity index (χ3n) is 1.79. The highest BCUT2D eigenvalue weighted by atomic mass is 19.3. The number of carboxylic acids is 1. The van der Waals surface area contributed by atoms with Crippen molar-refractivity contribution in [1.82, 2.24) is 4.98 Å². The number of pyridine rings is 1. The van der Waals surface area contributed by atoms with Gasteiger partial charge in [-0.3, -0.25) is 9.78 Å². The van der Waals surface area contributed by atoms with Crippen molar-refractivity contribution < 1.29 is 18.7 Å². The second-order valence-electron chi connectivity index (χ2n) is 2.99. The van der Waals surface area contributed by atoms with Crippen molar-refractivity contribution in [2.75, 3.05) is 0 Å². The molecule has 0 aromatic carbocycles. The molecule has 1 atom stereocenters. The van der Waals surface area contributed by atoms with Gasteiger partial charge in [0.2, 0.25) is 0 Å². The maximum Gasteiger partial charge on any atom is 0.305 e. The first-order valence-electron chi connectivity index (χ1n) is 4.23. The summed E-state index contributed by atoms with van der Waals surface area (Å²) in [6.45, 7) is 0. The Morgan fingerprint density at radius 2 is 2.07 bits per heavy atom. The SMILES string of the molecule is NC(CC(=O)O)c1cccc(C(F)F)n1. The Kier molecular flexibility index (Phi) is 3.68. The number of carboxylic acid groups (broad SMARTS) is 1. The summed E-state index contributed by atoms with van der Waals surface area (Å²) in [4.78, 5) is 13.9. The Bertz CT molecular complexity index is 358. The van der Waals surface area contributed by atoms with E-state index in [1.54, 1.807) is 0 Å². The Morgan fingerprint density at radius 1 is 1.47 bits per heavy atom. The topological polar surface area (TPSA) is 76.2 Å². The zero-order valence-corrected chi connectivity index (χ0v) is 7.73. The minimum absolute atomic E-state index is 0.162. The molecule has 6 heteroatoms. The van der Waals surface area contributed by atoms with Crippen LogP contribution in [0.3, 0.4) is 0 Å². The zero-order valence-electron chi connectivity index (χ0n) is 7.73. The highest BCUT2D eigenvalue weighted by Crippen LogP contribution is 2.19. The maximum atomic E-state index is 12.3. The minimum Gasteiger partial charge on any atom is -0.481 e. The lowest BCUT2D eigenvalue weighted by molar-refractivity contribution is -0.137. The van der Waals surface area contributed by atoms with Crippen LogP contribution in [0, 0.1) is 0 Å². The standard InChI is InChI=1S/C9H10F2N2O2/c10-9(11)7-3-1-2-6(13-7)5(12)4-8(14)15/h1-3,5,9H,4,12H2,(H,14,15). The summed E-state index contributed by atoms with van der Waals surface area (Å²) in [5.41, 5.74) is 5.24. The van der Waals surface area contributed by atoms with Crippen molar-refractivity contribution >= 4 is 5.97 Å². The molecule has 0 amide bonds. The number of nitrogens with zero attached hydrogens (tertiary/aromatic N) is 1. The van der Waals surface area contributed by atoms with Gasteiger partial charge in [-0.05, 0) is 12.1 Å². The van der Waals surface area contributed by atoms with Gasteiger partial charge in [-0.2, -0.15) is 0 Å². The molecule has 0 aliphatic rings. The number of rotatable bonds is 4. The number of nitrogens with two attached hydrogens (primary N) is 1. The number of hydrogen-bond donors (Lipinski definition) is 2. The minimum atomic E-state index is -2.68. The lowest BCUT2D eigenvalue weighted by Gasteiger charge is -2.09. The molecule has 1 heterocycles. The molecule has 3 N–H and O–H groups in total. The van der Waals surface area contributed by atoms with E-state index in [2.05, 4.69) is 4.98 Å². The van der Waals surface area contributed by atoms with Gasteiger partial charge < -0.3 is 10.8 Å². The molecule has 0 radical (unpaired) electrons. The normalized spacial score (nSPS) is 12.8. The van der Waals surface area contributed by atoms with Gasteiger partial charge in [-0.25, -0.2) is 8.78 Å². The molecule has 0 bridgehead atoms. The first-order valence-corrected chi connectivity index (χ1v) is 4.23. The van der Waals surface area contributed by atoms with Crippen molar-refractivity contribution in [1.29, 1.82) is 0 Å². The Balaban J connectivity index is 2.85.